The van der Waals surface area contributed by atoms with Crippen LogP contribution >= 0.6 is 0 Å². The molecule has 0 unspecified atom stereocenters. The highest BCUT2D eigenvalue weighted by Crippen LogP contribution is 2.26. The van der Waals surface area contributed by atoms with Crippen molar-refractivity contribution < 1.29 is 14.7 Å². The molecule has 92 valence electrons. The van der Waals surface area contributed by atoms with Crippen molar-refractivity contribution in [2.75, 3.05) is 13.1 Å². The van der Waals surface area contributed by atoms with Gasteiger partial charge < -0.3 is 15.3 Å². The fraction of sp³-hybridized carbons (Fsp3) is 0.818. The molecule has 1 rings (SSSR count). The molecule has 1 atom stereocenters. The van der Waals surface area contributed by atoms with E-state index in [1.54, 1.807) is 4.90 Å². The van der Waals surface area contributed by atoms with E-state index in [0.717, 1.165) is 6.54 Å². The molecule has 0 saturated heterocycles. The average molecular weight is 228 g/mol. The summed E-state index contributed by atoms with van der Waals surface area (Å²) in [5.74, 6) is -0.404. The molecular formula is C11H20N2O3. The van der Waals surface area contributed by atoms with Gasteiger partial charge in [-0.25, -0.2) is 4.79 Å². The molecule has 0 aromatic heterocycles. The minimum absolute atomic E-state index is 0.274. The first-order valence-electron chi connectivity index (χ1n) is 5.82. The molecule has 0 spiro atoms. The van der Waals surface area contributed by atoms with E-state index in [2.05, 4.69) is 5.32 Å². The van der Waals surface area contributed by atoms with Crippen molar-refractivity contribution in [3.8, 4) is 0 Å². The number of carbonyl (C=O) groups is 2. The molecule has 1 aliphatic rings. The SMILES string of the molecule is CCN(CC1CCC1)C(=O)N[C@@H](C)C(=O)O. The number of rotatable bonds is 5. The summed E-state index contributed by atoms with van der Waals surface area (Å²) >= 11 is 0. The number of hydrogen-bond acceptors (Lipinski definition) is 2. The monoisotopic (exact) mass is 228 g/mol. The van der Waals surface area contributed by atoms with Crippen molar-refractivity contribution in [1.29, 1.82) is 0 Å². The fourth-order valence-corrected chi connectivity index (χ4v) is 1.68. The van der Waals surface area contributed by atoms with Gasteiger partial charge in [0.2, 0.25) is 0 Å². The predicted molar refractivity (Wildman–Crippen MR) is 60.2 cm³/mol. The largest absolute Gasteiger partial charge is 0.480 e. The summed E-state index contributed by atoms with van der Waals surface area (Å²) in [6, 6.07) is -1.10. The number of nitrogens with zero attached hydrogens (tertiary/aromatic N) is 1. The topological polar surface area (TPSA) is 69.6 Å². The van der Waals surface area contributed by atoms with E-state index in [0.29, 0.717) is 12.5 Å². The first-order chi connectivity index (χ1) is 7.54. The Kier molecular flexibility index (Phi) is 4.58. The number of carboxylic acids is 1. The highest BCUT2D eigenvalue weighted by atomic mass is 16.4. The molecule has 0 aromatic rings. The van der Waals surface area contributed by atoms with Crippen LogP contribution in [0.15, 0.2) is 0 Å². The van der Waals surface area contributed by atoms with Crippen molar-refractivity contribution in [1.82, 2.24) is 10.2 Å². The van der Waals surface area contributed by atoms with Gasteiger partial charge in [-0.2, -0.15) is 0 Å². The number of carbonyl (C=O) groups excluding carboxylic acids is 1. The first kappa shape index (κ1) is 12.8. The van der Waals surface area contributed by atoms with Crippen molar-refractivity contribution in [3.63, 3.8) is 0 Å². The van der Waals surface area contributed by atoms with E-state index >= 15 is 0 Å². The predicted octanol–water partition coefficient (Wildman–Crippen LogP) is 1.29. The summed E-state index contributed by atoms with van der Waals surface area (Å²) in [4.78, 5) is 24.0. The Balaban J connectivity index is 2.38. The summed E-state index contributed by atoms with van der Waals surface area (Å²) in [7, 11) is 0. The van der Waals surface area contributed by atoms with E-state index in [9.17, 15) is 9.59 Å². The maximum absolute atomic E-state index is 11.7. The number of urea groups is 1. The van der Waals surface area contributed by atoms with Crippen LogP contribution in [0.4, 0.5) is 4.79 Å². The van der Waals surface area contributed by atoms with E-state index in [4.69, 9.17) is 5.11 Å². The third kappa shape index (κ3) is 3.40. The molecule has 0 aromatic carbocycles. The Morgan fingerprint density at radius 2 is 2.12 bits per heavy atom. The third-order valence-electron chi connectivity index (χ3n) is 3.08. The van der Waals surface area contributed by atoms with Crippen LogP contribution in [0.5, 0.6) is 0 Å². The van der Waals surface area contributed by atoms with Crippen LogP contribution in [0.2, 0.25) is 0 Å². The lowest BCUT2D eigenvalue weighted by Gasteiger charge is -2.32. The van der Waals surface area contributed by atoms with E-state index in [1.807, 2.05) is 6.92 Å². The molecule has 0 radical (unpaired) electrons. The fourth-order valence-electron chi connectivity index (χ4n) is 1.68. The number of carboxylic acid groups (broad SMARTS) is 1. The summed E-state index contributed by atoms with van der Waals surface area (Å²) in [5, 5.41) is 11.2. The van der Waals surface area contributed by atoms with Gasteiger partial charge in [0.15, 0.2) is 0 Å². The molecular weight excluding hydrogens is 208 g/mol. The summed E-state index contributed by atoms with van der Waals surface area (Å²) in [5.41, 5.74) is 0. The average Bonchev–Trinajstić information content (AvgIpc) is 2.15. The maximum atomic E-state index is 11.7. The second kappa shape index (κ2) is 5.72. The lowest BCUT2D eigenvalue weighted by molar-refractivity contribution is -0.138. The quantitative estimate of drug-likeness (QED) is 0.745. The normalized spacial score (nSPS) is 17.4. The zero-order valence-electron chi connectivity index (χ0n) is 9.90. The first-order valence-corrected chi connectivity index (χ1v) is 5.82. The van der Waals surface area contributed by atoms with Crippen LogP contribution in [0, 0.1) is 5.92 Å². The second-order valence-electron chi connectivity index (χ2n) is 4.34. The molecule has 0 aliphatic heterocycles. The number of hydrogen-bond donors (Lipinski definition) is 2. The second-order valence-corrected chi connectivity index (χ2v) is 4.34. The molecule has 1 saturated carbocycles. The highest BCUT2D eigenvalue weighted by molar-refractivity contribution is 5.82. The van der Waals surface area contributed by atoms with Crippen LogP contribution < -0.4 is 5.32 Å². The molecule has 2 N–H and O–H groups in total. The van der Waals surface area contributed by atoms with Gasteiger partial charge in [-0.1, -0.05) is 6.42 Å². The van der Waals surface area contributed by atoms with E-state index < -0.39 is 12.0 Å². The summed E-state index contributed by atoms with van der Waals surface area (Å²) in [6.45, 7) is 4.74. The van der Waals surface area contributed by atoms with Crippen LogP contribution in [-0.2, 0) is 4.79 Å². The van der Waals surface area contributed by atoms with E-state index in [-0.39, 0.29) is 6.03 Å². The van der Waals surface area contributed by atoms with Gasteiger partial charge in [0, 0.05) is 13.1 Å². The van der Waals surface area contributed by atoms with Gasteiger partial charge in [-0.3, -0.25) is 4.79 Å². The van der Waals surface area contributed by atoms with Gasteiger partial charge in [0.1, 0.15) is 6.04 Å². The number of nitrogens with one attached hydrogen (secondary N) is 1. The third-order valence-corrected chi connectivity index (χ3v) is 3.08. The Morgan fingerprint density at radius 1 is 1.50 bits per heavy atom. The minimum Gasteiger partial charge on any atom is -0.480 e. The summed E-state index contributed by atoms with van der Waals surface area (Å²) < 4.78 is 0. The Labute approximate surface area is 95.8 Å². The van der Waals surface area contributed by atoms with Crippen LogP contribution in [0.3, 0.4) is 0 Å². The Hall–Kier alpha value is -1.26. The molecule has 2 amide bonds. The van der Waals surface area contributed by atoms with Crippen molar-refractivity contribution in [3.05, 3.63) is 0 Å². The van der Waals surface area contributed by atoms with Gasteiger partial charge in [-0.05, 0) is 32.6 Å². The van der Waals surface area contributed by atoms with Gasteiger partial charge in [-0.15, -0.1) is 0 Å². The molecule has 1 fully saturated rings. The van der Waals surface area contributed by atoms with Crippen LogP contribution in [0.25, 0.3) is 0 Å². The zero-order valence-corrected chi connectivity index (χ0v) is 9.90. The molecule has 0 bridgehead atoms. The molecule has 5 nitrogen and oxygen atoms in total. The van der Waals surface area contributed by atoms with Crippen molar-refractivity contribution in [2.45, 2.75) is 39.2 Å². The molecule has 16 heavy (non-hydrogen) atoms. The van der Waals surface area contributed by atoms with Crippen LogP contribution in [0.1, 0.15) is 33.1 Å². The van der Waals surface area contributed by atoms with Gasteiger partial charge in [0.05, 0.1) is 0 Å². The number of amides is 2. The van der Waals surface area contributed by atoms with Crippen LogP contribution in [-0.4, -0.2) is 41.1 Å². The zero-order chi connectivity index (χ0) is 12.1. The molecule has 1 aliphatic carbocycles. The Bertz CT molecular complexity index is 264. The molecule has 0 heterocycles. The smallest absolute Gasteiger partial charge is 0.325 e. The highest BCUT2D eigenvalue weighted by Gasteiger charge is 2.24. The van der Waals surface area contributed by atoms with Crippen molar-refractivity contribution in [2.24, 2.45) is 5.92 Å². The lowest BCUT2D eigenvalue weighted by atomic mass is 9.85. The molecule has 5 heteroatoms. The number of aliphatic carboxylic acids is 1. The van der Waals surface area contributed by atoms with Gasteiger partial charge in [0.25, 0.3) is 0 Å². The lowest BCUT2D eigenvalue weighted by Crippen LogP contribution is -2.48. The van der Waals surface area contributed by atoms with Crippen molar-refractivity contribution >= 4 is 12.0 Å². The van der Waals surface area contributed by atoms with Gasteiger partial charge >= 0.3 is 12.0 Å². The standard InChI is InChI=1S/C11H20N2O3/c1-3-13(7-9-5-4-6-9)11(16)12-8(2)10(14)15/h8-9H,3-7H2,1-2H3,(H,12,16)(H,14,15)/t8-/m0/s1. The Morgan fingerprint density at radius 3 is 2.50 bits per heavy atom. The maximum Gasteiger partial charge on any atom is 0.325 e. The minimum atomic E-state index is -1.01. The van der Waals surface area contributed by atoms with E-state index in [1.165, 1.54) is 26.2 Å². The summed E-state index contributed by atoms with van der Waals surface area (Å²) in [6.07, 6.45) is 3.60.